The molecule has 0 unspecified atom stereocenters. The van der Waals surface area contributed by atoms with Crippen LogP contribution in [0.4, 0.5) is 0 Å². The van der Waals surface area contributed by atoms with E-state index < -0.39 is 0 Å². The first-order valence-corrected chi connectivity index (χ1v) is 6.48. The lowest BCUT2D eigenvalue weighted by Crippen LogP contribution is -2.13. The normalized spacial score (nSPS) is 10.7. The van der Waals surface area contributed by atoms with Gasteiger partial charge in [0.2, 0.25) is 11.7 Å². The summed E-state index contributed by atoms with van der Waals surface area (Å²) >= 11 is 6.16. The second kappa shape index (κ2) is 6.54. The Morgan fingerprint density at radius 3 is 2.95 bits per heavy atom. The summed E-state index contributed by atoms with van der Waals surface area (Å²) in [5.41, 5.74) is 1.01. The number of aromatic nitrogens is 2. The number of nitrogens with one attached hydrogen (secondary N) is 1. The van der Waals surface area contributed by atoms with Crippen molar-refractivity contribution >= 4 is 11.6 Å². The zero-order valence-electron chi connectivity index (χ0n) is 10.9. The molecule has 0 spiro atoms. The second-order valence-electron chi connectivity index (χ2n) is 4.03. The fourth-order valence-electron chi connectivity index (χ4n) is 1.65. The summed E-state index contributed by atoms with van der Waals surface area (Å²) in [6.07, 6.45) is 0. The molecule has 0 saturated carbocycles. The van der Waals surface area contributed by atoms with E-state index in [-0.39, 0.29) is 6.61 Å². The number of para-hydroxylation sites is 1. The van der Waals surface area contributed by atoms with Gasteiger partial charge >= 0.3 is 0 Å². The zero-order valence-corrected chi connectivity index (χ0v) is 11.7. The average Bonchev–Trinajstić information content (AvgIpc) is 2.81. The first kappa shape index (κ1) is 13.8. The third-order valence-electron chi connectivity index (χ3n) is 2.53. The fourth-order valence-corrected chi connectivity index (χ4v) is 1.90. The first-order chi connectivity index (χ1) is 9.20. The molecule has 6 heteroatoms. The highest BCUT2D eigenvalue weighted by Crippen LogP contribution is 2.29. The fraction of sp³-hybridized carbons (Fsp3) is 0.385. The maximum Gasteiger partial charge on any atom is 0.223 e. The minimum absolute atomic E-state index is 0.236. The molecule has 0 bridgehead atoms. The van der Waals surface area contributed by atoms with E-state index in [1.807, 2.05) is 19.1 Å². The smallest absolute Gasteiger partial charge is 0.223 e. The van der Waals surface area contributed by atoms with Gasteiger partial charge in [0.15, 0.2) is 6.61 Å². The van der Waals surface area contributed by atoms with Crippen molar-refractivity contribution in [3.8, 4) is 5.75 Å². The van der Waals surface area contributed by atoms with Crippen LogP contribution in [0.25, 0.3) is 0 Å². The third-order valence-corrected chi connectivity index (χ3v) is 2.83. The van der Waals surface area contributed by atoms with Crippen molar-refractivity contribution in [2.75, 3.05) is 6.54 Å². The van der Waals surface area contributed by atoms with E-state index in [2.05, 4.69) is 15.5 Å². The summed E-state index contributed by atoms with van der Waals surface area (Å²) in [5, 5.41) is 7.61. The lowest BCUT2D eigenvalue weighted by atomic mass is 10.2. The van der Waals surface area contributed by atoms with Gasteiger partial charge in [0.25, 0.3) is 0 Å². The largest absolute Gasteiger partial charge is 0.484 e. The van der Waals surface area contributed by atoms with Crippen LogP contribution in [-0.2, 0) is 13.2 Å². The third kappa shape index (κ3) is 3.68. The number of nitrogens with zero attached hydrogens (tertiary/aromatic N) is 2. The van der Waals surface area contributed by atoms with Gasteiger partial charge in [-0.2, -0.15) is 4.98 Å². The molecule has 5 nitrogen and oxygen atoms in total. The summed E-state index contributed by atoms with van der Waals surface area (Å²) in [6.45, 7) is 5.61. The van der Waals surface area contributed by atoms with E-state index in [9.17, 15) is 0 Å². The molecule has 0 radical (unpaired) electrons. The highest BCUT2D eigenvalue weighted by atomic mass is 35.5. The van der Waals surface area contributed by atoms with Crippen molar-refractivity contribution in [2.45, 2.75) is 27.0 Å². The number of hydrogen-bond donors (Lipinski definition) is 1. The highest BCUT2D eigenvalue weighted by Gasteiger charge is 2.10. The number of halogens is 1. The summed E-state index contributed by atoms with van der Waals surface area (Å²) < 4.78 is 10.6. The lowest BCUT2D eigenvalue weighted by molar-refractivity contribution is 0.282. The Morgan fingerprint density at radius 2 is 2.26 bits per heavy atom. The van der Waals surface area contributed by atoms with Crippen LogP contribution in [-0.4, -0.2) is 16.7 Å². The Bertz CT molecular complexity index is 542. The number of aryl methyl sites for hydroxylation is 1. The molecule has 0 atom stereocenters. The van der Waals surface area contributed by atoms with Crippen LogP contribution in [0.3, 0.4) is 0 Å². The summed E-state index contributed by atoms with van der Waals surface area (Å²) in [7, 11) is 0. The minimum Gasteiger partial charge on any atom is -0.484 e. The molecule has 0 aliphatic heterocycles. The summed E-state index contributed by atoms with van der Waals surface area (Å²) in [5.74, 6) is 1.69. The van der Waals surface area contributed by atoms with E-state index in [0.717, 1.165) is 12.1 Å². The Labute approximate surface area is 116 Å². The molecule has 1 aromatic carbocycles. The minimum atomic E-state index is 0.236. The number of hydrogen-bond acceptors (Lipinski definition) is 5. The zero-order chi connectivity index (χ0) is 13.7. The number of rotatable bonds is 6. The van der Waals surface area contributed by atoms with Gasteiger partial charge in [-0.1, -0.05) is 35.8 Å². The first-order valence-electron chi connectivity index (χ1n) is 6.10. The van der Waals surface area contributed by atoms with Crippen LogP contribution in [0.15, 0.2) is 22.7 Å². The molecule has 1 aromatic heterocycles. The standard InChI is InChI=1S/C13H16ClN3O2/c1-3-15-7-10-5-4-6-11(14)13(10)18-8-12-16-9(2)19-17-12/h4-6,15H,3,7-8H2,1-2H3. The maximum atomic E-state index is 6.16. The van der Waals surface area contributed by atoms with Gasteiger partial charge in [0.1, 0.15) is 5.75 Å². The van der Waals surface area contributed by atoms with Crippen molar-refractivity contribution < 1.29 is 9.26 Å². The van der Waals surface area contributed by atoms with Gasteiger partial charge in [-0.05, 0) is 12.6 Å². The SMILES string of the molecule is CCNCc1cccc(Cl)c1OCc1noc(C)n1. The average molecular weight is 282 g/mol. The van der Waals surface area contributed by atoms with Crippen LogP contribution < -0.4 is 10.1 Å². The Hall–Kier alpha value is -1.59. The maximum absolute atomic E-state index is 6.16. The molecule has 0 aliphatic carbocycles. The molecule has 19 heavy (non-hydrogen) atoms. The van der Waals surface area contributed by atoms with Crippen LogP contribution in [0.5, 0.6) is 5.75 Å². The Morgan fingerprint density at radius 1 is 1.42 bits per heavy atom. The predicted molar refractivity (Wildman–Crippen MR) is 72.2 cm³/mol. The topological polar surface area (TPSA) is 60.2 Å². The van der Waals surface area contributed by atoms with E-state index in [4.69, 9.17) is 20.9 Å². The predicted octanol–water partition coefficient (Wildman–Crippen LogP) is 2.72. The van der Waals surface area contributed by atoms with Gasteiger partial charge in [0.05, 0.1) is 5.02 Å². The molecule has 102 valence electrons. The molecule has 1 heterocycles. The van der Waals surface area contributed by atoms with Gasteiger partial charge in [-0.15, -0.1) is 0 Å². The molecule has 2 rings (SSSR count). The molecular formula is C13H16ClN3O2. The second-order valence-corrected chi connectivity index (χ2v) is 4.43. The molecule has 2 aromatic rings. The van der Waals surface area contributed by atoms with Crippen molar-refractivity contribution in [2.24, 2.45) is 0 Å². The molecule has 0 aliphatic rings. The van der Waals surface area contributed by atoms with Gasteiger partial charge in [-0.25, -0.2) is 0 Å². The van der Waals surface area contributed by atoms with E-state index in [0.29, 0.717) is 29.0 Å². The van der Waals surface area contributed by atoms with Gasteiger partial charge < -0.3 is 14.6 Å². The molecule has 0 saturated heterocycles. The number of benzene rings is 1. The molecule has 0 fully saturated rings. The van der Waals surface area contributed by atoms with E-state index in [1.165, 1.54) is 0 Å². The van der Waals surface area contributed by atoms with Crippen molar-refractivity contribution in [3.05, 3.63) is 40.5 Å². The highest BCUT2D eigenvalue weighted by molar-refractivity contribution is 6.32. The van der Waals surface area contributed by atoms with E-state index >= 15 is 0 Å². The van der Waals surface area contributed by atoms with E-state index in [1.54, 1.807) is 13.0 Å². The summed E-state index contributed by atoms with van der Waals surface area (Å²) in [6, 6.07) is 5.68. The van der Waals surface area contributed by atoms with Crippen molar-refractivity contribution in [3.63, 3.8) is 0 Å². The Balaban J connectivity index is 2.09. The number of ether oxygens (including phenoxy) is 1. The monoisotopic (exact) mass is 281 g/mol. The van der Waals surface area contributed by atoms with Crippen LogP contribution in [0.2, 0.25) is 5.02 Å². The van der Waals surface area contributed by atoms with Crippen molar-refractivity contribution in [1.82, 2.24) is 15.5 Å². The van der Waals surface area contributed by atoms with Gasteiger partial charge in [-0.3, -0.25) is 0 Å². The molecule has 1 N–H and O–H groups in total. The quantitative estimate of drug-likeness (QED) is 0.882. The van der Waals surface area contributed by atoms with Crippen LogP contribution >= 0.6 is 11.6 Å². The lowest BCUT2D eigenvalue weighted by Gasteiger charge is -2.12. The molecule has 0 amide bonds. The van der Waals surface area contributed by atoms with Gasteiger partial charge in [0, 0.05) is 19.0 Å². The van der Waals surface area contributed by atoms with Crippen molar-refractivity contribution in [1.29, 1.82) is 0 Å². The molecular weight excluding hydrogens is 266 g/mol. The van der Waals surface area contributed by atoms with Crippen LogP contribution in [0.1, 0.15) is 24.2 Å². The van der Waals surface area contributed by atoms with Crippen LogP contribution in [0, 0.1) is 6.92 Å². The Kier molecular flexibility index (Phi) is 4.76. The summed E-state index contributed by atoms with van der Waals surface area (Å²) in [4.78, 5) is 4.09.